The lowest BCUT2D eigenvalue weighted by Crippen LogP contribution is -2.07. The van der Waals surface area contributed by atoms with Gasteiger partial charge in [-0.1, -0.05) is 36.4 Å². The molecule has 0 aliphatic heterocycles. The van der Waals surface area contributed by atoms with Crippen LogP contribution >= 0.6 is 12.6 Å². The number of carbonyl (C=O) groups excluding carboxylic acids is 1. The van der Waals surface area contributed by atoms with Crippen LogP contribution in [0, 0.1) is 10.1 Å². The second-order valence-corrected chi connectivity index (χ2v) is 5.49. The van der Waals surface area contributed by atoms with Crippen LogP contribution in [0.15, 0.2) is 48.5 Å². The number of nitro groups is 1. The highest BCUT2D eigenvalue weighted by molar-refractivity contribution is 7.80. The van der Waals surface area contributed by atoms with E-state index in [0.717, 1.165) is 16.7 Å². The lowest BCUT2D eigenvalue weighted by molar-refractivity contribution is -0.384. The molecule has 0 saturated heterocycles. The fourth-order valence-corrected chi connectivity index (χ4v) is 2.56. The summed E-state index contributed by atoms with van der Waals surface area (Å²) >= 11 is 4.59. The Balaban J connectivity index is 2.17. The van der Waals surface area contributed by atoms with Crippen molar-refractivity contribution in [3.8, 4) is 0 Å². The molecule has 120 valence electrons. The summed E-state index contributed by atoms with van der Waals surface area (Å²) < 4.78 is 4.94. The third-order valence-corrected chi connectivity index (χ3v) is 3.94. The van der Waals surface area contributed by atoms with Crippen LogP contribution in [0.5, 0.6) is 0 Å². The highest BCUT2D eigenvalue weighted by Gasteiger charge is 2.13. The predicted molar refractivity (Wildman–Crippen MR) is 90.7 cm³/mol. The normalized spacial score (nSPS) is 11.7. The minimum atomic E-state index is -0.433. The molecular formula is C17H17NO4S. The van der Waals surface area contributed by atoms with Gasteiger partial charge in [-0.2, -0.15) is 12.6 Å². The van der Waals surface area contributed by atoms with Crippen LogP contribution in [-0.4, -0.2) is 17.5 Å². The van der Waals surface area contributed by atoms with E-state index in [4.69, 9.17) is 4.74 Å². The van der Waals surface area contributed by atoms with Crippen molar-refractivity contribution in [1.82, 2.24) is 0 Å². The maximum atomic E-state index is 11.6. The third kappa shape index (κ3) is 4.56. The molecule has 1 unspecified atom stereocenters. The molecule has 0 spiro atoms. The number of non-ortho nitro benzene ring substituents is 1. The molecule has 5 nitrogen and oxygen atoms in total. The highest BCUT2D eigenvalue weighted by atomic mass is 32.1. The Morgan fingerprint density at radius 1 is 1.22 bits per heavy atom. The summed E-state index contributed by atoms with van der Waals surface area (Å²) in [6.45, 7) is 2.13. The average molecular weight is 331 g/mol. The average Bonchev–Trinajstić information content (AvgIpc) is 2.54. The molecule has 0 heterocycles. The van der Waals surface area contributed by atoms with Crippen molar-refractivity contribution in [3.05, 3.63) is 75.3 Å². The molecule has 2 aromatic rings. The van der Waals surface area contributed by atoms with E-state index in [1.165, 1.54) is 12.1 Å². The molecule has 0 saturated carbocycles. The van der Waals surface area contributed by atoms with E-state index in [-0.39, 0.29) is 23.3 Å². The third-order valence-electron chi connectivity index (χ3n) is 3.34. The first kappa shape index (κ1) is 17.0. The first-order valence-electron chi connectivity index (χ1n) is 7.18. The summed E-state index contributed by atoms with van der Waals surface area (Å²) in [5.41, 5.74) is 2.67. The molecule has 0 aliphatic carbocycles. The Kier molecular flexibility index (Phi) is 5.76. The first-order chi connectivity index (χ1) is 11.0. The summed E-state index contributed by atoms with van der Waals surface area (Å²) in [5.74, 6) is -0.268. The second-order valence-electron chi connectivity index (χ2n) is 4.98. The van der Waals surface area contributed by atoms with Crippen molar-refractivity contribution in [3.63, 3.8) is 0 Å². The SMILES string of the molecule is CCOC(=O)Cc1cccc(C(S)c2ccc([N+](=O)[O-])cc2)c1. The second kappa shape index (κ2) is 7.78. The number of thiol groups is 1. The minimum absolute atomic E-state index is 0.0466. The van der Waals surface area contributed by atoms with Crippen molar-refractivity contribution in [1.29, 1.82) is 0 Å². The zero-order valence-corrected chi connectivity index (χ0v) is 13.5. The number of rotatable bonds is 6. The monoisotopic (exact) mass is 331 g/mol. The van der Waals surface area contributed by atoms with Crippen molar-refractivity contribution < 1.29 is 14.5 Å². The fourth-order valence-electron chi connectivity index (χ4n) is 2.22. The van der Waals surface area contributed by atoms with E-state index in [2.05, 4.69) is 12.6 Å². The van der Waals surface area contributed by atoms with E-state index in [0.29, 0.717) is 6.61 Å². The topological polar surface area (TPSA) is 69.4 Å². The lowest BCUT2D eigenvalue weighted by Gasteiger charge is -2.13. The number of esters is 1. The van der Waals surface area contributed by atoms with Gasteiger partial charge in [-0.25, -0.2) is 0 Å². The van der Waals surface area contributed by atoms with E-state index in [1.54, 1.807) is 19.1 Å². The van der Waals surface area contributed by atoms with Crippen molar-refractivity contribution in [2.24, 2.45) is 0 Å². The minimum Gasteiger partial charge on any atom is -0.466 e. The number of hydrogen-bond donors (Lipinski definition) is 1. The Morgan fingerprint density at radius 2 is 1.91 bits per heavy atom. The smallest absolute Gasteiger partial charge is 0.310 e. The van der Waals surface area contributed by atoms with Crippen LogP contribution in [0.3, 0.4) is 0 Å². The van der Waals surface area contributed by atoms with Gasteiger partial charge in [0.05, 0.1) is 23.2 Å². The van der Waals surface area contributed by atoms with Gasteiger partial charge in [-0.15, -0.1) is 0 Å². The highest BCUT2D eigenvalue weighted by Crippen LogP contribution is 2.30. The number of nitrogens with zero attached hydrogens (tertiary/aromatic N) is 1. The summed E-state index contributed by atoms with van der Waals surface area (Å²) in [6.07, 6.45) is 0.211. The molecule has 2 rings (SSSR count). The summed E-state index contributed by atoms with van der Waals surface area (Å²) in [7, 11) is 0. The van der Waals surface area contributed by atoms with Crippen LogP contribution in [0.4, 0.5) is 5.69 Å². The van der Waals surface area contributed by atoms with Crippen LogP contribution in [0.25, 0.3) is 0 Å². The van der Waals surface area contributed by atoms with E-state index in [1.807, 2.05) is 24.3 Å². The molecule has 23 heavy (non-hydrogen) atoms. The van der Waals surface area contributed by atoms with Crippen molar-refractivity contribution in [2.75, 3.05) is 6.61 Å². The van der Waals surface area contributed by atoms with E-state index in [9.17, 15) is 14.9 Å². The maximum absolute atomic E-state index is 11.6. The predicted octanol–water partition coefficient (Wildman–Crippen LogP) is 3.72. The zero-order valence-electron chi connectivity index (χ0n) is 12.6. The first-order valence-corrected chi connectivity index (χ1v) is 7.69. The molecule has 0 aliphatic rings. The lowest BCUT2D eigenvalue weighted by atomic mass is 10.0. The van der Waals surface area contributed by atoms with Gasteiger partial charge < -0.3 is 4.74 Å². The van der Waals surface area contributed by atoms with Crippen LogP contribution in [0.2, 0.25) is 0 Å². The molecule has 2 aromatic carbocycles. The molecule has 0 N–H and O–H groups in total. The standard InChI is InChI=1S/C17H17NO4S/c1-2-22-16(19)11-12-4-3-5-14(10-12)17(23)13-6-8-15(9-7-13)18(20)21/h3-10,17,23H,2,11H2,1H3. The zero-order chi connectivity index (χ0) is 16.8. The van der Waals surface area contributed by atoms with Gasteiger partial charge in [0.15, 0.2) is 0 Å². The van der Waals surface area contributed by atoms with Gasteiger partial charge in [0.2, 0.25) is 0 Å². The molecule has 0 aromatic heterocycles. The maximum Gasteiger partial charge on any atom is 0.310 e. The quantitative estimate of drug-likeness (QED) is 0.379. The van der Waals surface area contributed by atoms with Crippen molar-refractivity contribution in [2.45, 2.75) is 18.6 Å². The number of carbonyl (C=O) groups is 1. The molecule has 1 atom stereocenters. The summed E-state index contributed by atoms with van der Waals surface area (Å²) in [4.78, 5) is 21.8. The van der Waals surface area contributed by atoms with Gasteiger partial charge in [0, 0.05) is 12.1 Å². The Bertz CT molecular complexity index is 700. The Labute approximate surface area is 139 Å². The van der Waals surface area contributed by atoms with Crippen LogP contribution < -0.4 is 0 Å². The molecule has 0 bridgehead atoms. The molecule has 0 amide bonds. The number of hydrogen-bond acceptors (Lipinski definition) is 5. The van der Waals surface area contributed by atoms with Gasteiger partial charge in [-0.3, -0.25) is 14.9 Å². The molecule has 0 fully saturated rings. The molecule has 0 radical (unpaired) electrons. The number of ether oxygens (including phenoxy) is 1. The van der Waals surface area contributed by atoms with Crippen molar-refractivity contribution >= 4 is 24.3 Å². The van der Waals surface area contributed by atoms with Crippen LogP contribution in [0.1, 0.15) is 28.9 Å². The van der Waals surface area contributed by atoms with Crippen LogP contribution in [-0.2, 0) is 16.0 Å². The van der Waals surface area contributed by atoms with Gasteiger partial charge in [0.1, 0.15) is 0 Å². The van der Waals surface area contributed by atoms with Gasteiger partial charge in [0.25, 0.3) is 5.69 Å². The Hall–Kier alpha value is -2.34. The number of nitro benzene ring substituents is 1. The number of benzene rings is 2. The van der Waals surface area contributed by atoms with E-state index < -0.39 is 4.92 Å². The fraction of sp³-hybridized carbons (Fsp3) is 0.235. The Morgan fingerprint density at radius 3 is 2.52 bits per heavy atom. The molecule has 6 heteroatoms. The van der Waals surface area contributed by atoms with E-state index >= 15 is 0 Å². The van der Waals surface area contributed by atoms with Gasteiger partial charge in [-0.05, 0) is 23.6 Å². The summed E-state index contributed by atoms with van der Waals surface area (Å²) in [5, 5.41) is 10.5. The largest absolute Gasteiger partial charge is 0.466 e. The molecular weight excluding hydrogens is 314 g/mol. The van der Waals surface area contributed by atoms with Gasteiger partial charge >= 0.3 is 5.97 Å². The summed E-state index contributed by atoms with van der Waals surface area (Å²) in [6, 6.07) is 13.8.